The number of anilines is 1. The Labute approximate surface area is 184 Å². The van der Waals surface area contributed by atoms with Crippen LogP contribution < -0.4 is 9.47 Å². The zero-order valence-electron chi connectivity index (χ0n) is 15.9. The fourth-order valence-electron chi connectivity index (χ4n) is 3.61. The Morgan fingerprint density at radius 1 is 1.14 bits per heavy atom. The van der Waals surface area contributed by atoms with Gasteiger partial charge in [0.25, 0.3) is 0 Å². The molecule has 144 valence electrons. The van der Waals surface area contributed by atoms with Gasteiger partial charge in [-0.25, -0.2) is 0 Å². The van der Waals surface area contributed by atoms with Gasteiger partial charge in [0.2, 0.25) is 5.52 Å². The fourth-order valence-corrected chi connectivity index (χ4v) is 5.07. The third-order valence-electron chi connectivity index (χ3n) is 4.85. The molecule has 5 heteroatoms. The summed E-state index contributed by atoms with van der Waals surface area (Å²) in [5, 5.41) is 12.5. The number of pyridine rings is 1. The highest BCUT2D eigenvalue weighted by Crippen LogP contribution is 2.46. The lowest BCUT2D eigenvalue weighted by Gasteiger charge is -2.22. The first-order valence-corrected chi connectivity index (χ1v) is 11.9. The molecular formula is C23H24IN2OS+. The number of halogens is 1. The number of benzene rings is 2. The van der Waals surface area contributed by atoms with Crippen LogP contribution in [0.3, 0.4) is 0 Å². The molecule has 0 saturated carbocycles. The lowest BCUT2D eigenvalue weighted by atomic mass is 10.1. The number of para-hydroxylation sites is 2. The molecule has 2 heterocycles. The van der Waals surface area contributed by atoms with E-state index in [4.69, 9.17) is 0 Å². The molecule has 0 spiro atoms. The molecule has 0 aliphatic carbocycles. The van der Waals surface area contributed by atoms with Crippen LogP contribution in [0.4, 0.5) is 5.69 Å². The van der Waals surface area contributed by atoms with E-state index in [0.717, 1.165) is 16.0 Å². The molecule has 0 radical (unpaired) electrons. The van der Waals surface area contributed by atoms with E-state index in [1.54, 1.807) is 11.8 Å². The molecule has 28 heavy (non-hydrogen) atoms. The van der Waals surface area contributed by atoms with Crippen LogP contribution in [0.15, 0.2) is 70.7 Å². The normalized spacial score (nSPS) is 16.0. The van der Waals surface area contributed by atoms with Gasteiger partial charge >= 0.3 is 0 Å². The molecule has 4 rings (SSSR count). The van der Waals surface area contributed by atoms with Crippen LogP contribution in [0.1, 0.15) is 18.9 Å². The minimum Gasteiger partial charge on any atom is -0.392 e. The van der Waals surface area contributed by atoms with Gasteiger partial charge in [-0.3, -0.25) is 0 Å². The maximum absolute atomic E-state index is 10.0. The van der Waals surface area contributed by atoms with Gasteiger partial charge in [-0.2, -0.15) is 4.57 Å². The first-order valence-electron chi connectivity index (χ1n) is 9.58. The Bertz CT molecular complexity index is 1020. The van der Waals surface area contributed by atoms with Crippen molar-refractivity contribution in [3.63, 3.8) is 0 Å². The van der Waals surface area contributed by atoms with E-state index in [-0.39, 0.29) is 0 Å². The SMILES string of the molecule is CC(O)CN1/C(=C/c2cc[n+](CCCI)c3ccccc23)Sc2ccccc21. The summed E-state index contributed by atoms with van der Waals surface area (Å²) in [6.45, 7) is 3.47. The Hall–Kier alpha value is -1.57. The topological polar surface area (TPSA) is 27.3 Å². The van der Waals surface area contributed by atoms with Gasteiger partial charge in [-0.1, -0.05) is 58.6 Å². The quantitative estimate of drug-likeness (QED) is 0.283. The summed E-state index contributed by atoms with van der Waals surface area (Å²) in [5.41, 5.74) is 3.66. The molecule has 0 amide bonds. The van der Waals surface area contributed by atoms with Crippen LogP contribution in [-0.2, 0) is 6.54 Å². The minimum absolute atomic E-state index is 0.391. The van der Waals surface area contributed by atoms with Crippen LogP contribution >= 0.6 is 34.4 Å². The Morgan fingerprint density at radius 3 is 2.75 bits per heavy atom. The summed E-state index contributed by atoms with van der Waals surface area (Å²) in [7, 11) is 0. The maximum atomic E-state index is 10.0. The van der Waals surface area contributed by atoms with Crippen molar-refractivity contribution in [2.75, 3.05) is 15.9 Å². The number of fused-ring (bicyclic) bond motifs is 2. The van der Waals surface area contributed by atoms with Crippen LogP contribution in [-0.4, -0.2) is 22.2 Å². The second-order valence-electron chi connectivity index (χ2n) is 7.04. The van der Waals surface area contributed by atoms with Crippen molar-refractivity contribution in [2.24, 2.45) is 0 Å². The lowest BCUT2D eigenvalue weighted by molar-refractivity contribution is -0.671. The van der Waals surface area contributed by atoms with E-state index in [1.807, 2.05) is 6.92 Å². The number of rotatable bonds is 6. The minimum atomic E-state index is -0.391. The fraction of sp³-hybridized carbons (Fsp3) is 0.261. The second kappa shape index (κ2) is 8.84. The van der Waals surface area contributed by atoms with Gasteiger partial charge in [0.15, 0.2) is 6.20 Å². The van der Waals surface area contributed by atoms with Crippen molar-refractivity contribution in [2.45, 2.75) is 30.9 Å². The molecule has 2 aromatic carbocycles. The summed E-state index contributed by atoms with van der Waals surface area (Å²) in [6.07, 6.45) is 5.24. The van der Waals surface area contributed by atoms with Gasteiger partial charge in [0.05, 0.1) is 22.2 Å². The van der Waals surface area contributed by atoms with Crippen molar-refractivity contribution in [1.29, 1.82) is 0 Å². The standard InChI is InChI=1S/C23H24IN2OS/c1-17(27)16-26-21-9-4-5-10-22(21)28-23(26)15-18-11-14-25(13-6-12-24)20-8-3-2-7-19(18)20/h2-5,7-11,14-15,17,27H,6,12-13,16H2,1H3/q+1. The summed E-state index contributed by atoms with van der Waals surface area (Å²) >= 11 is 4.21. The highest BCUT2D eigenvalue weighted by atomic mass is 127. The smallest absolute Gasteiger partial charge is 0.213 e. The van der Waals surface area contributed by atoms with Gasteiger partial charge in [-0.15, -0.1) is 0 Å². The number of hydrogen-bond donors (Lipinski definition) is 1. The number of aliphatic hydroxyl groups excluding tert-OH is 1. The number of aryl methyl sites for hydroxylation is 1. The molecule has 0 fully saturated rings. The van der Waals surface area contributed by atoms with Crippen molar-refractivity contribution in [1.82, 2.24) is 0 Å². The molecule has 1 aromatic heterocycles. The van der Waals surface area contributed by atoms with Crippen LogP contribution in [0.2, 0.25) is 0 Å². The van der Waals surface area contributed by atoms with E-state index >= 15 is 0 Å². The number of aromatic nitrogens is 1. The molecule has 0 bridgehead atoms. The number of β-amino-alcohol motifs (C(OH)–C–C–N with tert-alkyl or cyclic N) is 1. The van der Waals surface area contributed by atoms with Crippen LogP contribution in [0.5, 0.6) is 0 Å². The molecule has 1 aliphatic heterocycles. The van der Waals surface area contributed by atoms with E-state index in [9.17, 15) is 5.11 Å². The summed E-state index contributed by atoms with van der Waals surface area (Å²) < 4.78 is 3.51. The Balaban J connectivity index is 1.77. The second-order valence-corrected chi connectivity index (χ2v) is 9.18. The third kappa shape index (κ3) is 4.07. The van der Waals surface area contributed by atoms with Crippen LogP contribution in [0.25, 0.3) is 17.0 Å². The number of thioether (sulfide) groups is 1. The highest BCUT2D eigenvalue weighted by Gasteiger charge is 2.26. The predicted molar refractivity (Wildman–Crippen MR) is 127 cm³/mol. The molecule has 1 atom stereocenters. The summed E-state index contributed by atoms with van der Waals surface area (Å²) in [4.78, 5) is 3.48. The maximum Gasteiger partial charge on any atom is 0.213 e. The largest absolute Gasteiger partial charge is 0.392 e. The third-order valence-corrected chi connectivity index (χ3v) is 6.73. The number of alkyl halides is 1. The van der Waals surface area contributed by atoms with Crippen molar-refractivity contribution < 1.29 is 9.67 Å². The average Bonchev–Trinajstić information content (AvgIpc) is 3.04. The van der Waals surface area contributed by atoms with Gasteiger partial charge < -0.3 is 10.0 Å². The zero-order chi connectivity index (χ0) is 19.5. The van der Waals surface area contributed by atoms with Gasteiger partial charge in [-0.05, 0) is 36.8 Å². The first-order chi connectivity index (χ1) is 13.7. The predicted octanol–water partition coefficient (Wildman–Crippen LogP) is 5.24. The number of nitrogens with zero attached hydrogens (tertiary/aromatic N) is 2. The molecule has 1 unspecified atom stereocenters. The Morgan fingerprint density at radius 2 is 1.93 bits per heavy atom. The number of aliphatic hydroxyl groups is 1. The molecule has 1 N–H and O–H groups in total. The van der Waals surface area contributed by atoms with E-state index in [1.165, 1.54) is 33.5 Å². The van der Waals surface area contributed by atoms with Crippen molar-refractivity contribution in [3.8, 4) is 0 Å². The molecule has 0 saturated heterocycles. The monoisotopic (exact) mass is 503 g/mol. The molecule has 1 aliphatic rings. The average molecular weight is 503 g/mol. The molecule has 3 aromatic rings. The first kappa shape index (κ1) is 19.7. The van der Waals surface area contributed by atoms with Gasteiger partial charge in [0, 0.05) is 34.4 Å². The van der Waals surface area contributed by atoms with Crippen LogP contribution in [0, 0.1) is 0 Å². The summed E-state index contributed by atoms with van der Waals surface area (Å²) in [6, 6.07) is 19.3. The van der Waals surface area contributed by atoms with Crippen molar-refractivity contribution in [3.05, 3.63) is 71.4 Å². The molecule has 3 nitrogen and oxygen atoms in total. The zero-order valence-corrected chi connectivity index (χ0v) is 18.9. The van der Waals surface area contributed by atoms with Crippen molar-refractivity contribution >= 4 is 57.0 Å². The van der Waals surface area contributed by atoms with E-state index in [2.05, 4.69) is 98.9 Å². The number of hydrogen-bond acceptors (Lipinski definition) is 3. The summed E-state index contributed by atoms with van der Waals surface area (Å²) in [5.74, 6) is 0. The van der Waals surface area contributed by atoms with Gasteiger partial charge in [0.1, 0.15) is 6.54 Å². The van der Waals surface area contributed by atoms with E-state index in [0.29, 0.717) is 6.54 Å². The van der Waals surface area contributed by atoms with E-state index < -0.39 is 6.10 Å². The Kier molecular flexibility index (Phi) is 6.23. The molecular weight excluding hydrogens is 479 g/mol. The highest BCUT2D eigenvalue weighted by molar-refractivity contribution is 14.1. The lowest BCUT2D eigenvalue weighted by Crippen LogP contribution is -2.34.